The number of hydrogen-bond donors (Lipinski definition) is 0. The minimum Gasteiger partial charge on any atom is -0.370 e. The van der Waals surface area contributed by atoms with Crippen molar-refractivity contribution in [2.75, 3.05) is 0 Å². The van der Waals surface area contributed by atoms with E-state index in [-0.39, 0.29) is 5.60 Å². The summed E-state index contributed by atoms with van der Waals surface area (Å²) in [4.78, 5) is 0. The molecule has 0 N–H and O–H groups in total. The van der Waals surface area contributed by atoms with Crippen molar-refractivity contribution in [3.05, 3.63) is 15.9 Å². The number of hydrogen-bond acceptors (Lipinski definition) is 2. The fourth-order valence-corrected chi connectivity index (χ4v) is 1.57. The molecule has 0 spiro atoms. The van der Waals surface area contributed by atoms with Crippen molar-refractivity contribution in [2.24, 2.45) is 7.05 Å². The van der Waals surface area contributed by atoms with Crippen LogP contribution in [0.3, 0.4) is 0 Å². The molecule has 1 aromatic rings. The number of ether oxygens (including phenoxy) is 1. The first-order valence-electron chi connectivity index (χ1n) is 4.63. The van der Waals surface area contributed by atoms with Crippen molar-refractivity contribution in [3.8, 4) is 0 Å². The van der Waals surface area contributed by atoms with Gasteiger partial charge in [-0.3, -0.25) is 4.68 Å². The first-order chi connectivity index (χ1) is 6.31. The lowest BCUT2D eigenvalue weighted by Crippen LogP contribution is -2.19. The molecule has 0 fully saturated rings. The molecule has 14 heavy (non-hydrogen) atoms. The highest BCUT2D eigenvalue weighted by molar-refractivity contribution is 9.10. The van der Waals surface area contributed by atoms with E-state index in [1.54, 1.807) is 0 Å². The van der Waals surface area contributed by atoms with Crippen molar-refractivity contribution < 1.29 is 4.74 Å². The summed E-state index contributed by atoms with van der Waals surface area (Å²) in [5.74, 6) is 0. The van der Waals surface area contributed by atoms with E-state index in [9.17, 15) is 0 Å². The zero-order valence-electron chi connectivity index (χ0n) is 9.39. The van der Waals surface area contributed by atoms with Gasteiger partial charge < -0.3 is 4.74 Å². The van der Waals surface area contributed by atoms with Crippen LogP contribution in [0.5, 0.6) is 0 Å². The van der Waals surface area contributed by atoms with Crippen LogP contribution >= 0.6 is 15.9 Å². The van der Waals surface area contributed by atoms with Gasteiger partial charge in [0.2, 0.25) is 0 Å². The molecule has 0 bridgehead atoms. The summed E-state index contributed by atoms with van der Waals surface area (Å²) in [6, 6.07) is 0. The molecular weight excluding hydrogens is 244 g/mol. The van der Waals surface area contributed by atoms with Gasteiger partial charge in [0.1, 0.15) is 0 Å². The van der Waals surface area contributed by atoms with E-state index in [1.165, 1.54) is 0 Å². The van der Waals surface area contributed by atoms with Crippen LogP contribution in [-0.2, 0) is 18.4 Å². The van der Waals surface area contributed by atoms with Gasteiger partial charge in [-0.05, 0) is 43.6 Å². The molecule has 1 rings (SSSR count). The van der Waals surface area contributed by atoms with Crippen molar-refractivity contribution in [1.29, 1.82) is 0 Å². The molecule has 0 unspecified atom stereocenters. The summed E-state index contributed by atoms with van der Waals surface area (Å²) in [7, 11) is 1.93. The van der Waals surface area contributed by atoms with Crippen molar-refractivity contribution in [3.63, 3.8) is 0 Å². The van der Waals surface area contributed by atoms with Crippen molar-refractivity contribution in [2.45, 2.75) is 39.9 Å². The molecule has 0 atom stereocenters. The summed E-state index contributed by atoms with van der Waals surface area (Å²) >= 11 is 3.51. The zero-order valence-corrected chi connectivity index (χ0v) is 11.0. The highest BCUT2D eigenvalue weighted by Gasteiger charge is 2.15. The van der Waals surface area contributed by atoms with Crippen LogP contribution in [0.2, 0.25) is 0 Å². The van der Waals surface area contributed by atoms with Crippen LogP contribution in [-0.4, -0.2) is 15.4 Å². The minimum absolute atomic E-state index is 0.113. The summed E-state index contributed by atoms with van der Waals surface area (Å²) in [5.41, 5.74) is 1.97. The largest absolute Gasteiger partial charge is 0.370 e. The molecule has 0 amide bonds. The number of aryl methyl sites for hydroxylation is 2. The van der Waals surface area contributed by atoms with E-state index in [1.807, 2.05) is 39.4 Å². The van der Waals surface area contributed by atoms with E-state index in [4.69, 9.17) is 4.74 Å². The Morgan fingerprint density at radius 2 is 2.00 bits per heavy atom. The molecule has 0 aliphatic carbocycles. The average Bonchev–Trinajstić information content (AvgIpc) is 2.23. The molecule has 1 heterocycles. The molecule has 80 valence electrons. The van der Waals surface area contributed by atoms with Crippen LogP contribution in [0.25, 0.3) is 0 Å². The highest BCUT2D eigenvalue weighted by atomic mass is 79.9. The van der Waals surface area contributed by atoms with E-state index in [0.29, 0.717) is 6.61 Å². The lowest BCUT2D eigenvalue weighted by molar-refractivity contribution is -0.0179. The maximum atomic E-state index is 5.70. The molecule has 0 radical (unpaired) electrons. The third-order valence-corrected chi connectivity index (χ3v) is 2.94. The monoisotopic (exact) mass is 260 g/mol. The summed E-state index contributed by atoms with van der Waals surface area (Å²) in [5, 5.41) is 4.30. The predicted octanol–water partition coefficient (Wildman–Crippen LogP) is 2.81. The minimum atomic E-state index is -0.113. The van der Waals surface area contributed by atoms with Crippen LogP contribution in [0.1, 0.15) is 32.2 Å². The van der Waals surface area contributed by atoms with Gasteiger partial charge in [-0.1, -0.05) is 0 Å². The molecule has 0 aromatic carbocycles. The first kappa shape index (κ1) is 11.7. The van der Waals surface area contributed by atoms with Crippen LogP contribution in [0.15, 0.2) is 4.47 Å². The predicted molar refractivity (Wildman–Crippen MR) is 60.2 cm³/mol. The van der Waals surface area contributed by atoms with Gasteiger partial charge >= 0.3 is 0 Å². The maximum Gasteiger partial charge on any atom is 0.0903 e. The van der Waals surface area contributed by atoms with Gasteiger partial charge in [0.25, 0.3) is 0 Å². The Labute approximate surface area is 93.6 Å². The number of aromatic nitrogens is 2. The summed E-state index contributed by atoms with van der Waals surface area (Å²) in [6.45, 7) is 8.70. The van der Waals surface area contributed by atoms with E-state index >= 15 is 0 Å². The van der Waals surface area contributed by atoms with Gasteiger partial charge in [0.15, 0.2) is 0 Å². The van der Waals surface area contributed by atoms with Crippen molar-refractivity contribution >= 4 is 15.9 Å². The van der Waals surface area contributed by atoms with Gasteiger partial charge in [-0.2, -0.15) is 5.10 Å². The van der Waals surface area contributed by atoms with Crippen LogP contribution in [0.4, 0.5) is 0 Å². The summed E-state index contributed by atoms with van der Waals surface area (Å²) in [6.07, 6.45) is 0. The molecule has 0 aliphatic rings. The van der Waals surface area contributed by atoms with E-state index < -0.39 is 0 Å². The standard InChI is InChI=1S/C10H17BrN2O/c1-7-9(11)8(13(5)12-7)6-14-10(2,3)4/h6H2,1-5H3. The molecule has 4 heteroatoms. The Bertz CT molecular complexity index is 326. The molecule has 1 aromatic heterocycles. The number of nitrogens with zero attached hydrogens (tertiary/aromatic N) is 2. The first-order valence-corrected chi connectivity index (χ1v) is 5.42. The van der Waals surface area contributed by atoms with Gasteiger partial charge in [0.05, 0.1) is 28.1 Å². The Kier molecular flexibility index (Phi) is 3.37. The van der Waals surface area contributed by atoms with Gasteiger partial charge in [0, 0.05) is 7.05 Å². The molecule has 0 aliphatic heterocycles. The normalized spacial score (nSPS) is 12.1. The maximum absolute atomic E-state index is 5.70. The third kappa shape index (κ3) is 2.82. The fraction of sp³-hybridized carbons (Fsp3) is 0.700. The second kappa shape index (κ2) is 4.03. The highest BCUT2D eigenvalue weighted by Crippen LogP contribution is 2.22. The van der Waals surface area contributed by atoms with E-state index in [0.717, 1.165) is 15.9 Å². The van der Waals surface area contributed by atoms with E-state index in [2.05, 4.69) is 21.0 Å². The Hall–Kier alpha value is -0.350. The Morgan fingerprint density at radius 1 is 1.43 bits per heavy atom. The second-order valence-electron chi connectivity index (χ2n) is 4.37. The quantitative estimate of drug-likeness (QED) is 0.818. The molecule has 3 nitrogen and oxygen atoms in total. The van der Waals surface area contributed by atoms with Gasteiger partial charge in [-0.15, -0.1) is 0 Å². The Balaban J connectivity index is 2.77. The summed E-state index contributed by atoms with van der Waals surface area (Å²) < 4.78 is 8.60. The SMILES string of the molecule is Cc1nn(C)c(COC(C)(C)C)c1Br. The molecule has 0 saturated carbocycles. The Morgan fingerprint density at radius 3 is 2.36 bits per heavy atom. The molecule has 0 saturated heterocycles. The topological polar surface area (TPSA) is 27.1 Å². The number of rotatable bonds is 2. The fourth-order valence-electron chi connectivity index (χ4n) is 1.12. The second-order valence-corrected chi connectivity index (χ2v) is 5.16. The van der Waals surface area contributed by atoms with Gasteiger partial charge in [-0.25, -0.2) is 0 Å². The van der Waals surface area contributed by atoms with Crippen LogP contribution in [0, 0.1) is 6.92 Å². The van der Waals surface area contributed by atoms with Crippen molar-refractivity contribution in [1.82, 2.24) is 9.78 Å². The third-order valence-electron chi connectivity index (χ3n) is 1.90. The van der Waals surface area contributed by atoms with Crippen LogP contribution < -0.4 is 0 Å². The molecular formula is C10H17BrN2O. The number of halogens is 1. The lowest BCUT2D eigenvalue weighted by Gasteiger charge is -2.19. The smallest absolute Gasteiger partial charge is 0.0903 e. The lowest BCUT2D eigenvalue weighted by atomic mass is 10.2. The average molecular weight is 261 g/mol. The zero-order chi connectivity index (χ0) is 10.9.